The summed E-state index contributed by atoms with van der Waals surface area (Å²) in [5.41, 5.74) is 4.14. The Bertz CT molecular complexity index is 993. The lowest BCUT2D eigenvalue weighted by Gasteiger charge is -2.17. The maximum atomic E-state index is 12.0. The summed E-state index contributed by atoms with van der Waals surface area (Å²) < 4.78 is 5.59. The number of H-pyrrole nitrogens is 1. The molecular formula is C21H21N3O3. The van der Waals surface area contributed by atoms with Gasteiger partial charge in [-0.1, -0.05) is 18.2 Å². The fourth-order valence-electron chi connectivity index (χ4n) is 3.32. The molecule has 0 atom stereocenters. The minimum absolute atomic E-state index is 0.0287. The van der Waals surface area contributed by atoms with Gasteiger partial charge in [0.15, 0.2) is 6.61 Å². The number of hydrogen-bond acceptors (Lipinski definition) is 3. The number of para-hydroxylation sites is 1. The van der Waals surface area contributed by atoms with E-state index in [1.54, 1.807) is 6.07 Å². The SMILES string of the molecule is O=C(COc1ccc2c(c1)CCC(=O)N2)NCCc1c[nH]c2ccccc12. The number of benzene rings is 2. The molecule has 1 aliphatic rings. The smallest absolute Gasteiger partial charge is 0.257 e. The van der Waals surface area contributed by atoms with E-state index in [0.29, 0.717) is 25.1 Å². The largest absolute Gasteiger partial charge is 0.484 e. The topological polar surface area (TPSA) is 83.2 Å². The van der Waals surface area contributed by atoms with Crippen LogP contribution in [0.15, 0.2) is 48.7 Å². The molecule has 3 aromatic rings. The van der Waals surface area contributed by atoms with Crippen molar-refractivity contribution in [2.75, 3.05) is 18.5 Å². The zero-order valence-electron chi connectivity index (χ0n) is 14.9. The zero-order valence-corrected chi connectivity index (χ0v) is 14.9. The van der Waals surface area contributed by atoms with Crippen LogP contribution in [-0.4, -0.2) is 29.9 Å². The molecule has 6 heteroatoms. The number of rotatable bonds is 6. The number of ether oxygens (including phenoxy) is 1. The highest BCUT2D eigenvalue weighted by molar-refractivity contribution is 5.94. The molecule has 0 fully saturated rings. The molecule has 0 unspecified atom stereocenters. The average molecular weight is 363 g/mol. The maximum Gasteiger partial charge on any atom is 0.257 e. The number of anilines is 1. The molecule has 138 valence electrons. The van der Waals surface area contributed by atoms with Crippen LogP contribution in [0.4, 0.5) is 5.69 Å². The minimum Gasteiger partial charge on any atom is -0.484 e. The molecule has 2 heterocycles. The van der Waals surface area contributed by atoms with Gasteiger partial charge in [0.1, 0.15) is 5.75 Å². The Hall–Kier alpha value is -3.28. The van der Waals surface area contributed by atoms with E-state index in [0.717, 1.165) is 23.2 Å². The van der Waals surface area contributed by atoms with Crippen LogP contribution < -0.4 is 15.4 Å². The van der Waals surface area contributed by atoms with Crippen LogP contribution in [0.25, 0.3) is 10.9 Å². The summed E-state index contributed by atoms with van der Waals surface area (Å²) in [6, 6.07) is 13.6. The molecule has 0 bridgehead atoms. The highest BCUT2D eigenvalue weighted by atomic mass is 16.5. The number of amides is 2. The summed E-state index contributed by atoms with van der Waals surface area (Å²) in [7, 11) is 0. The van der Waals surface area contributed by atoms with E-state index in [2.05, 4.69) is 21.7 Å². The van der Waals surface area contributed by atoms with Gasteiger partial charge in [0, 0.05) is 35.8 Å². The van der Waals surface area contributed by atoms with Gasteiger partial charge in [-0.15, -0.1) is 0 Å². The van der Waals surface area contributed by atoms with Crippen molar-refractivity contribution in [3.63, 3.8) is 0 Å². The van der Waals surface area contributed by atoms with E-state index < -0.39 is 0 Å². The van der Waals surface area contributed by atoms with Crippen molar-refractivity contribution < 1.29 is 14.3 Å². The third-order valence-corrected chi connectivity index (χ3v) is 4.73. The Balaban J connectivity index is 1.26. The maximum absolute atomic E-state index is 12.0. The number of aryl methyl sites for hydroxylation is 1. The molecule has 0 saturated heterocycles. The number of nitrogens with one attached hydrogen (secondary N) is 3. The zero-order chi connectivity index (χ0) is 18.6. The van der Waals surface area contributed by atoms with Gasteiger partial charge in [0.2, 0.25) is 5.91 Å². The lowest BCUT2D eigenvalue weighted by atomic mass is 10.0. The summed E-state index contributed by atoms with van der Waals surface area (Å²) in [6.45, 7) is 0.527. The van der Waals surface area contributed by atoms with Gasteiger partial charge < -0.3 is 20.4 Å². The molecular weight excluding hydrogens is 342 g/mol. The van der Waals surface area contributed by atoms with Gasteiger partial charge in [-0.05, 0) is 48.2 Å². The predicted octanol–water partition coefficient (Wildman–Crippen LogP) is 2.79. The molecule has 0 saturated carbocycles. The van der Waals surface area contributed by atoms with E-state index in [4.69, 9.17) is 4.74 Å². The van der Waals surface area contributed by atoms with Crippen LogP contribution >= 0.6 is 0 Å². The van der Waals surface area contributed by atoms with Crippen LogP contribution in [-0.2, 0) is 22.4 Å². The van der Waals surface area contributed by atoms with Crippen molar-refractivity contribution in [1.29, 1.82) is 0 Å². The standard InChI is InChI=1S/C21H21N3O3/c25-20-8-5-14-11-16(6-7-18(14)24-20)27-13-21(26)22-10-9-15-12-23-19-4-2-1-3-17(15)19/h1-4,6-7,11-12,23H,5,8-10,13H2,(H,22,26)(H,24,25). The summed E-state index contributed by atoms with van der Waals surface area (Å²) in [6.07, 6.45) is 3.91. The number of hydrogen-bond donors (Lipinski definition) is 3. The number of fused-ring (bicyclic) bond motifs is 2. The second kappa shape index (κ2) is 7.53. The fourth-order valence-corrected chi connectivity index (χ4v) is 3.32. The first-order valence-electron chi connectivity index (χ1n) is 9.06. The van der Waals surface area contributed by atoms with Crippen LogP contribution in [0.1, 0.15) is 17.5 Å². The monoisotopic (exact) mass is 363 g/mol. The second-order valence-corrected chi connectivity index (χ2v) is 6.62. The van der Waals surface area contributed by atoms with Crippen molar-refractivity contribution in [2.24, 2.45) is 0 Å². The molecule has 0 spiro atoms. The Morgan fingerprint density at radius 1 is 1.15 bits per heavy atom. The third kappa shape index (κ3) is 3.95. The molecule has 0 aliphatic carbocycles. The normalized spacial score (nSPS) is 13.1. The van der Waals surface area contributed by atoms with Crippen LogP contribution in [0.3, 0.4) is 0 Å². The summed E-state index contributed by atoms with van der Waals surface area (Å²) in [5.74, 6) is 0.517. The van der Waals surface area contributed by atoms with Gasteiger partial charge in [0.25, 0.3) is 5.91 Å². The van der Waals surface area contributed by atoms with Gasteiger partial charge in [-0.2, -0.15) is 0 Å². The van der Waals surface area contributed by atoms with Crippen LogP contribution in [0.5, 0.6) is 5.75 Å². The third-order valence-electron chi connectivity index (χ3n) is 4.73. The van der Waals surface area contributed by atoms with E-state index in [1.165, 1.54) is 10.9 Å². The van der Waals surface area contributed by atoms with Crippen molar-refractivity contribution >= 4 is 28.4 Å². The number of aromatic nitrogens is 1. The van der Waals surface area contributed by atoms with Crippen molar-refractivity contribution in [2.45, 2.75) is 19.3 Å². The Morgan fingerprint density at radius 2 is 2.04 bits per heavy atom. The lowest BCUT2D eigenvalue weighted by molar-refractivity contribution is -0.123. The first-order chi connectivity index (χ1) is 13.2. The van der Waals surface area contributed by atoms with E-state index in [9.17, 15) is 9.59 Å². The molecule has 27 heavy (non-hydrogen) atoms. The minimum atomic E-state index is -0.152. The highest BCUT2D eigenvalue weighted by Crippen LogP contribution is 2.26. The second-order valence-electron chi connectivity index (χ2n) is 6.62. The van der Waals surface area contributed by atoms with E-state index in [-0.39, 0.29) is 18.4 Å². The molecule has 4 rings (SSSR count). The van der Waals surface area contributed by atoms with Crippen molar-refractivity contribution in [1.82, 2.24) is 10.3 Å². The van der Waals surface area contributed by atoms with Crippen molar-refractivity contribution in [3.05, 3.63) is 59.8 Å². The van der Waals surface area contributed by atoms with Crippen LogP contribution in [0, 0.1) is 0 Å². The molecule has 2 aromatic carbocycles. The first kappa shape index (κ1) is 17.1. The summed E-state index contributed by atoms with van der Waals surface area (Å²) >= 11 is 0. The molecule has 0 radical (unpaired) electrons. The number of carbonyl (C=O) groups is 2. The summed E-state index contributed by atoms with van der Waals surface area (Å²) in [5, 5.41) is 6.90. The van der Waals surface area contributed by atoms with Crippen LogP contribution in [0.2, 0.25) is 0 Å². The summed E-state index contributed by atoms with van der Waals surface area (Å²) in [4.78, 5) is 26.7. The van der Waals surface area contributed by atoms with E-state index in [1.807, 2.05) is 36.5 Å². The van der Waals surface area contributed by atoms with E-state index >= 15 is 0 Å². The Kier molecular flexibility index (Phi) is 4.78. The molecule has 1 aromatic heterocycles. The number of aromatic amines is 1. The number of carbonyl (C=O) groups excluding carboxylic acids is 2. The molecule has 1 aliphatic heterocycles. The lowest BCUT2D eigenvalue weighted by Crippen LogP contribution is -2.30. The van der Waals surface area contributed by atoms with Crippen molar-refractivity contribution in [3.8, 4) is 5.75 Å². The van der Waals surface area contributed by atoms with Gasteiger partial charge in [0.05, 0.1) is 0 Å². The Morgan fingerprint density at radius 3 is 2.96 bits per heavy atom. The molecule has 3 N–H and O–H groups in total. The Labute approximate surface area is 156 Å². The molecule has 6 nitrogen and oxygen atoms in total. The van der Waals surface area contributed by atoms with Gasteiger partial charge >= 0.3 is 0 Å². The first-order valence-corrected chi connectivity index (χ1v) is 9.06. The van der Waals surface area contributed by atoms with Gasteiger partial charge in [-0.25, -0.2) is 0 Å². The quantitative estimate of drug-likeness (QED) is 0.630. The average Bonchev–Trinajstić information content (AvgIpc) is 3.09. The molecule has 2 amide bonds. The fraction of sp³-hybridized carbons (Fsp3) is 0.238. The highest BCUT2D eigenvalue weighted by Gasteiger charge is 2.15. The van der Waals surface area contributed by atoms with Gasteiger partial charge in [-0.3, -0.25) is 9.59 Å². The predicted molar refractivity (Wildman–Crippen MR) is 104 cm³/mol.